The zero-order valence-corrected chi connectivity index (χ0v) is 15.5. The Morgan fingerprint density at radius 2 is 1.93 bits per heavy atom. The Bertz CT molecular complexity index is 903. The summed E-state index contributed by atoms with van der Waals surface area (Å²) in [6.45, 7) is 0.834. The van der Waals surface area contributed by atoms with E-state index in [9.17, 15) is 4.79 Å². The van der Waals surface area contributed by atoms with Gasteiger partial charge < -0.3 is 30.0 Å². The summed E-state index contributed by atoms with van der Waals surface area (Å²) in [5.41, 5.74) is 7.59. The first-order valence-electron chi connectivity index (χ1n) is 9.45. The topological polar surface area (TPSA) is 92.0 Å². The highest BCUT2D eigenvalue weighted by molar-refractivity contribution is 5.72. The highest BCUT2D eigenvalue weighted by atomic mass is 16.6. The van der Waals surface area contributed by atoms with Crippen LogP contribution in [0.3, 0.4) is 0 Å². The molecule has 0 aromatic heterocycles. The van der Waals surface area contributed by atoms with Gasteiger partial charge >= 0.3 is 6.09 Å². The Balaban J connectivity index is 1.58. The van der Waals surface area contributed by atoms with Gasteiger partial charge in [-0.05, 0) is 5.56 Å². The molecule has 2 fully saturated rings. The molecule has 5 atom stereocenters. The highest BCUT2D eigenvalue weighted by Crippen LogP contribution is 2.58. The lowest BCUT2D eigenvalue weighted by atomic mass is 9.90. The van der Waals surface area contributed by atoms with E-state index in [2.05, 4.69) is 17.4 Å². The average Bonchev–Trinajstić information content (AvgIpc) is 3.34. The SMILES string of the molecule is COc1cc(OCCN)cc2c1C1C3OC(=O)NC3[C@@H](c3ccccc3)C1O2. The first kappa shape index (κ1) is 17.2. The summed E-state index contributed by atoms with van der Waals surface area (Å²) in [4.78, 5) is 12.0. The van der Waals surface area contributed by atoms with E-state index in [-0.39, 0.29) is 36.2 Å². The Morgan fingerprint density at radius 3 is 2.68 bits per heavy atom. The molecule has 2 aromatic carbocycles. The van der Waals surface area contributed by atoms with Gasteiger partial charge in [-0.25, -0.2) is 4.79 Å². The van der Waals surface area contributed by atoms with Gasteiger partial charge in [-0.1, -0.05) is 30.3 Å². The molecule has 0 radical (unpaired) electrons. The normalized spacial score (nSPS) is 29.2. The van der Waals surface area contributed by atoms with Crippen molar-refractivity contribution in [2.24, 2.45) is 5.73 Å². The Morgan fingerprint density at radius 1 is 1.11 bits per heavy atom. The van der Waals surface area contributed by atoms with Gasteiger partial charge in [-0.2, -0.15) is 0 Å². The van der Waals surface area contributed by atoms with Gasteiger partial charge in [-0.15, -0.1) is 0 Å². The maximum Gasteiger partial charge on any atom is 0.407 e. The van der Waals surface area contributed by atoms with Crippen molar-refractivity contribution in [1.29, 1.82) is 0 Å². The molecular weight excluding hydrogens is 360 g/mol. The van der Waals surface area contributed by atoms with Crippen molar-refractivity contribution in [3.8, 4) is 17.2 Å². The van der Waals surface area contributed by atoms with E-state index in [0.717, 1.165) is 11.1 Å². The second kappa shape index (κ2) is 6.60. The fourth-order valence-corrected chi connectivity index (χ4v) is 4.78. The average molecular weight is 382 g/mol. The minimum atomic E-state index is -0.385. The molecule has 1 saturated heterocycles. The van der Waals surface area contributed by atoms with Crippen molar-refractivity contribution < 1.29 is 23.7 Å². The summed E-state index contributed by atoms with van der Waals surface area (Å²) in [6, 6.07) is 13.7. The Kier molecular flexibility index (Phi) is 4.05. The number of carbonyl (C=O) groups is 1. The van der Waals surface area contributed by atoms with E-state index >= 15 is 0 Å². The number of hydrogen-bond acceptors (Lipinski definition) is 6. The van der Waals surface area contributed by atoms with Gasteiger partial charge in [0.2, 0.25) is 0 Å². The number of methoxy groups -OCH3 is 1. The molecule has 4 unspecified atom stereocenters. The first-order valence-corrected chi connectivity index (χ1v) is 9.45. The molecule has 1 amide bonds. The molecule has 2 aliphatic heterocycles. The largest absolute Gasteiger partial charge is 0.496 e. The van der Waals surface area contributed by atoms with Crippen LogP contribution in [0.4, 0.5) is 4.79 Å². The Hall–Kier alpha value is -2.93. The molecule has 28 heavy (non-hydrogen) atoms. The van der Waals surface area contributed by atoms with Crippen molar-refractivity contribution in [2.45, 2.75) is 30.1 Å². The molecule has 1 aliphatic carbocycles. The summed E-state index contributed by atoms with van der Waals surface area (Å²) >= 11 is 0. The van der Waals surface area contributed by atoms with E-state index in [1.165, 1.54) is 0 Å². The molecule has 5 rings (SSSR count). The van der Waals surface area contributed by atoms with Crippen LogP contribution in [0, 0.1) is 0 Å². The third-order valence-electron chi connectivity index (χ3n) is 5.80. The van der Waals surface area contributed by atoms with Crippen LogP contribution >= 0.6 is 0 Å². The summed E-state index contributed by atoms with van der Waals surface area (Å²) in [7, 11) is 1.62. The van der Waals surface area contributed by atoms with Gasteiger partial charge in [0.25, 0.3) is 0 Å². The third-order valence-corrected chi connectivity index (χ3v) is 5.80. The monoisotopic (exact) mass is 382 g/mol. The predicted molar refractivity (Wildman–Crippen MR) is 101 cm³/mol. The molecule has 0 bridgehead atoms. The quantitative estimate of drug-likeness (QED) is 0.823. The van der Waals surface area contributed by atoms with Crippen LogP contribution < -0.4 is 25.3 Å². The minimum Gasteiger partial charge on any atom is -0.496 e. The molecule has 7 nitrogen and oxygen atoms in total. The van der Waals surface area contributed by atoms with Crippen molar-refractivity contribution >= 4 is 6.09 Å². The smallest absolute Gasteiger partial charge is 0.407 e. The summed E-state index contributed by atoms with van der Waals surface area (Å²) in [5.74, 6) is 1.90. The van der Waals surface area contributed by atoms with E-state index < -0.39 is 0 Å². The number of carbonyl (C=O) groups excluding carboxylic acids is 1. The fourth-order valence-electron chi connectivity index (χ4n) is 4.78. The summed E-state index contributed by atoms with van der Waals surface area (Å²) in [5, 5.41) is 2.98. The second-order valence-corrected chi connectivity index (χ2v) is 7.26. The van der Waals surface area contributed by atoms with Gasteiger partial charge in [0.1, 0.15) is 36.1 Å². The molecular formula is C21H22N2O5. The van der Waals surface area contributed by atoms with E-state index in [1.807, 2.05) is 30.3 Å². The maximum absolute atomic E-state index is 12.0. The van der Waals surface area contributed by atoms with Crippen molar-refractivity contribution in [2.75, 3.05) is 20.3 Å². The van der Waals surface area contributed by atoms with Crippen molar-refractivity contribution in [3.63, 3.8) is 0 Å². The lowest BCUT2D eigenvalue weighted by Crippen LogP contribution is -2.35. The Labute approximate surface area is 162 Å². The van der Waals surface area contributed by atoms with Crippen LogP contribution in [0.1, 0.15) is 23.0 Å². The molecule has 0 spiro atoms. The minimum absolute atomic E-state index is 0.0202. The van der Waals surface area contributed by atoms with Crippen molar-refractivity contribution in [1.82, 2.24) is 5.32 Å². The zero-order valence-electron chi connectivity index (χ0n) is 15.5. The van der Waals surface area contributed by atoms with Crippen LogP contribution in [0.5, 0.6) is 17.2 Å². The molecule has 146 valence electrons. The molecule has 3 aliphatic rings. The number of amides is 1. The first-order chi connectivity index (χ1) is 13.7. The number of alkyl carbamates (subject to hydrolysis) is 1. The molecule has 2 heterocycles. The molecule has 3 N–H and O–H groups in total. The number of ether oxygens (including phenoxy) is 4. The maximum atomic E-state index is 12.0. The number of hydrogen-bond donors (Lipinski definition) is 2. The van der Waals surface area contributed by atoms with Crippen molar-refractivity contribution in [3.05, 3.63) is 53.6 Å². The second-order valence-electron chi connectivity index (χ2n) is 7.26. The van der Waals surface area contributed by atoms with Gasteiger partial charge in [0.15, 0.2) is 0 Å². The lowest BCUT2D eigenvalue weighted by molar-refractivity contribution is 0.114. The number of rotatable bonds is 5. The van der Waals surface area contributed by atoms with Gasteiger partial charge in [0.05, 0.1) is 19.1 Å². The number of nitrogens with one attached hydrogen (secondary N) is 1. The molecule has 7 heteroatoms. The fraction of sp³-hybridized carbons (Fsp3) is 0.381. The summed E-state index contributed by atoms with van der Waals surface area (Å²) in [6.07, 6.45) is -0.856. The molecule has 1 saturated carbocycles. The van der Waals surface area contributed by atoms with Gasteiger partial charge in [-0.3, -0.25) is 0 Å². The van der Waals surface area contributed by atoms with Crippen LogP contribution in [0.15, 0.2) is 42.5 Å². The van der Waals surface area contributed by atoms with Crippen LogP contribution in [-0.4, -0.2) is 44.6 Å². The standard InChI is InChI=1S/C21H22N2O5/c1-25-13-9-12(26-8-7-22)10-14-16(13)17-19(27-14)15(11-5-3-2-4-6-11)18-20(17)28-21(24)23-18/h2-6,9-10,15,17-20H,7-8,22H2,1H3,(H,23,24)/t15-,17?,18?,19?,20?/m1/s1. The van der Waals surface area contributed by atoms with E-state index in [0.29, 0.717) is 30.4 Å². The predicted octanol–water partition coefficient (Wildman–Crippen LogP) is 2.15. The zero-order chi connectivity index (χ0) is 19.3. The summed E-state index contributed by atoms with van der Waals surface area (Å²) < 4.78 is 23.4. The van der Waals surface area contributed by atoms with Gasteiger partial charge in [0, 0.05) is 30.2 Å². The number of benzene rings is 2. The highest BCUT2D eigenvalue weighted by Gasteiger charge is 2.62. The third kappa shape index (κ3) is 2.50. The number of nitrogens with two attached hydrogens (primary N) is 1. The lowest BCUT2D eigenvalue weighted by Gasteiger charge is -2.22. The van der Waals surface area contributed by atoms with Crippen LogP contribution in [0.2, 0.25) is 0 Å². The van der Waals surface area contributed by atoms with E-state index in [4.69, 9.17) is 24.7 Å². The van der Waals surface area contributed by atoms with E-state index in [1.54, 1.807) is 7.11 Å². The van der Waals surface area contributed by atoms with Crippen LogP contribution in [-0.2, 0) is 4.74 Å². The van der Waals surface area contributed by atoms with Crippen LogP contribution in [0.25, 0.3) is 0 Å². The molecule has 2 aromatic rings. The number of fused-ring (bicyclic) bond motifs is 5.